The number of carbonyl (C=O) groups is 1. The lowest BCUT2D eigenvalue weighted by Crippen LogP contribution is -2.46. The summed E-state index contributed by atoms with van der Waals surface area (Å²) in [5.41, 5.74) is 2.30. The van der Waals surface area contributed by atoms with Gasteiger partial charge in [0.25, 0.3) is 5.56 Å². The monoisotopic (exact) mass is 423 g/mol. The number of hydrogen-bond donors (Lipinski definition) is 1. The number of benzene rings is 3. The standard InChI is InChI=1S/C27H25N3O2/c1-27(2,3)28-25(31)23(18-11-5-4-6-12-18)30-22-16-10-9-15-21(22)29-17-19-13-7-8-14-20(19)24(29)26(30)32/h4-17,23H,1-3H3,(H,28,31). The quantitative estimate of drug-likeness (QED) is 0.448. The normalized spacial score (nSPS) is 13.0. The van der Waals surface area contributed by atoms with Gasteiger partial charge in [-0.2, -0.15) is 0 Å². The number of para-hydroxylation sites is 2. The van der Waals surface area contributed by atoms with E-state index in [0.717, 1.165) is 21.9 Å². The maximum atomic E-state index is 14.1. The lowest BCUT2D eigenvalue weighted by atomic mass is 10.0. The molecule has 0 spiro atoms. The Bertz CT molecular complexity index is 1520. The molecule has 1 atom stereocenters. The topological polar surface area (TPSA) is 55.5 Å². The Labute approximate surface area is 185 Å². The SMILES string of the molecule is CC(C)(C)NC(=O)C(c1ccccc1)n1c(=O)c2c3ccccc3cn2c2ccccc21. The van der Waals surface area contributed by atoms with Gasteiger partial charge < -0.3 is 9.72 Å². The first-order valence-electron chi connectivity index (χ1n) is 10.8. The van der Waals surface area contributed by atoms with Crippen molar-refractivity contribution in [3.8, 4) is 0 Å². The van der Waals surface area contributed by atoms with Crippen LogP contribution in [0.15, 0.2) is 89.9 Å². The van der Waals surface area contributed by atoms with Crippen LogP contribution in [0.2, 0.25) is 0 Å². The first kappa shape index (κ1) is 20.1. The fraction of sp³-hybridized carbons (Fsp3) is 0.185. The van der Waals surface area contributed by atoms with Crippen molar-refractivity contribution in [3.63, 3.8) is 0 Å². The molecule has 160 valence electrons. The van der Waals surface area contributed by atoms with Crippen LogP contribution in [0.5, 0.6) is 0 Å². The van der Waals surface area contributed by atoms with Gasteiger partial charge in [0.1, 0.15) is 11.6 Å². The molecule has 5 heteroatoms. The smallest absolute Gasteiger partial charge is 0.276 e. The van der Waals surface area contributed by atoms with Crippen molar-refractivity contribution in [3.05, 3.63) is 101 Å². The molecule has 5 aromatic rings. The minimum Gasteiger partial charge on any atom is -0.349 e. The summed E-state index contributed by atoms with van der Waals surface area (Å²) < 4.78 is 3.59. The molecule has 1 amide bonds. The van der Waals surface area contributed by atoms with E-state index in [0.29, 0.717) is 11.0 Å². The summed E-state index contributed by atoms with van der Waals surface area (Å²) in [5.74, 6) is -0.212. The number of carbonyl (C=O) groups excluding carboxylic acids is 1. The molecule has 5 rings (SSSR count). The van der Waals surface area contributed by atoms with Crippen molar-refractivity contribution < 1.29 is 4.79 Å². The average Bonchev–Trinajstić information content (AvgIpc) is 3.16. The molecule has 0 saturated heterocycles. The van der Waals surface area contributed by atoms with E-state index in [1.54, 1.807) is 4.57 Å². The second-order valence-corrected chi connectivity index (χ2v) is 9.15. The van der Waals surface area contributed by atoms with Gasteiger partial charge in [-0.1, -0.05) is 66.7 Å². The molecule has 1 unspecified atom stereocenters. The van der Waals surface area contributed by atoms with E-state index in [4.69, 9.17) is 0 Å². The Morgan fingerprint density at radius 3 is 2.19 bits per heavy atom. The lowest BCUT2D eigenvalue weighted by molar-refractivity contribution is -0.124. The van der Waals surface area contributed by atoms with Crippen LogP contribution in [0.4, 0.5) is 0 Å². The van der Waals surface area contributed by atoms with E-state index < -0.39 is 11.6 Å². The van der Waals surface area contributed by atoms with Crippen LogP contribution in [0, 0.1) is 0 Å². The van der Waals surface area contributed by atoms with Crippen LogP contribution < -0.4 is 10.9 Å². The summed E-state index contributed by atoms with van der Waals surface area (Å²) in [7, 11) is 0. The number of aromatic nitrogens is 2. The second kappa shape index (κ2) is 7.38. The zero-order valence-corrected chi connectivity index (χ0v) is 18.4. The highest BCUT2D eigenvalue weighted by Crippen LogP contribution is 2.28. The highest BCUT2D eigenvalue weighted by molar-refractivity contribution is 6.00. The lowest BCUT2D eigenvalue weighted by Gasteiger charge is -2.27. The van der Waals surface area contributed by atoms with Gasteiger partial charge >= 0.3 is 0 Å². The average molecular weight is 424 g/mol. The van der Waals surface area contributed by atoms with Crippen molar-refractivity contribution in [1.29, 1.82) is 0 Å². The summed E-state index contributed by atoms with van der Waals surface area (Å²) in [5, 5.41) is 4.95. The number of fused-ring (bicyclic) bond motifs is 5. The van der Waals surface area contributed by atoms with E-state index in [1.807, 2.05) is 110 Å². The van der Waals surface area contributed by atoms with Crippen molar-refractivity contribution in [2.45, 2.75) is 32.4 Å². The third kappa shape index (κ3) is 3.26. The minimum atomic E-state index is -0.800. The Kier molecular flexibility index (Phi) is 4.63. The fourth-order valence-electron chi connectivity index (χ4n) is 4.41. The zero-order chi connectivity index (χ0) is 22.5. The summed E-state index contributed by atoms with van der Waals surface area (Å²) in [4.78, 5) is 27.7. The number of amides is 1. The maximum absolute atomic E-state index is 14.1. The van der Waals surface area contributed by atoms with Crippen LogP contribution >= 0.6 is 0 Å². The predicted octanol–water partition coefficient (Wildman–Crippen LogP) is 4.91. The van der Waals surface area contributed by atoms with Gasteiger partial charge in [0.15, 0.2) is 0 Å². The third-order valence-electron chi connectivity index (χ3n) is 5.67. The summed E-state index contributed by atoms with van der Waals surface area (Å²) >= 11 is 0. The molecule has 1 N–H and O–H groups in total. The van der Waals surface area contributed by atoms with Gasteiger partial charge in [-0.05, 0) is 38.5 Å². The molecule has 0 saturated carbocycles. The fourth-order valence-corrected chi connectivity index (χ4v) is 4.41. The van der Waals surface area contributed by atoms with Crippen molar-refractivity contribution in [1.82, 2.24) is 14.3 Å². The van der Waals surface area contributed by atoms with Crippen LogP contribution in [-0.4, -0.2) is 20.4 Å². The van der Waals surface area contributed by atoms with Gasteiger partial charge in [-0.3, -0.25) is 14.2 Å². The largest absolute Gasteiger partial charge is 0.349 e. The number of hydrogen-bond acceptors (Lipinski definition) is 2. The van der Waals surface area contributed by atoms with Crippen LogP contribution in [0.3, 0.4) is 0 Å². The van der Waals surface area contributed by atoms with Crippen molar-refractivity contribution in [2.24, 2.45) is 0 Å². The molecule has 0 aliphatic carbocycles. The van der Waals surface area contributed by atoms with Gasteiger partial charge in [-0.15, -0.1) is 0 Å². The van der Waals surface area contributed by atoms with Crippen LogP contribution in [0.25, 0.3) is 27.3 Å². The molecule has 0 aliphatic heterocycles. The van der Waals surface area contributed by atoms with E-state index in [1.165, 1.54) is 0 Å². The molecule has 2 heterocycles. The molecule has 0 radical (unpaired) electrons. The van der Waals surface area contributed by atoms with Crippen molar-refractivity contribution in [2.75, 3.05) is 0 Å². The van der Waals surface area contributed by atoms with Crippen LogP contribution in [-0.2, 0) is 4.79 Å². The van der Waals surface area contributed by atoms with E-state index >= 15 is 0 Å². The Balaban J connectivity index is 1.91. The minimum absolute atomic E-state index is 0.192. The molecule has 32 heavy (non-hydrogen) atoms. The Hall–Kier alpha value is -3.86. The summed E-state index contributed by atoms with van der Waals surface area (Å²) in [6, 6.07) is 24.3. The first-order chi connectivity index (χ1) is 15.3. The second-order valence-electron chi connectivity index (χ2n) is 9.15. The zero-order valence-electron chi connectivity index (χ0n) is 18.4. The van der Waals surface area contributed by atoms with E-state index in [9.17, 15) is 9.59 Å². The molecule has 0 aliphatic rings. The molecule has 0 fully saturated rings. The van der Waals surface area contributed by atoms with Crippen LogP contribution in [0.1, 0.15) is 32.4 Å². The number of rotatable bonds is 3. The highest BCUT2D eigenvalue weighted by Gasteiger charge is 2.29. The van der Waals surface area contributed by atoms with E-state index in [-0.39, 0.29) is 11.5 Å². The van der Waals surface area contributed by atoms with E-state index in [2.05, 4.69) is 5.32 Å². The summed E-state index contributed by atoms with van der Waals surface area (Å²) in [6.07, 6.45) is 1.99. The van der Waals surface area contributed by atoms with Crippen molar-refractivity contribution >= 4 is 33.2 Å². The highest BCUT2D eigenvalue weighted by atomic mass is 16.2. The number of nitrogens with one attached hydrogen (secondary N) is 1. The molecular formula is C27H25N3O2. The molecule has 2 aromatic heterocycles. The Morgan fingerprint density at radius 1 is 0.844 bits per heavy atom. The summed E-state index contributed by atoms with van der Waals surface area (Å²) in [6.45, 7) is 5.83. The molecule has 0 bridgehead atoms. The first-order valence-corrected chi connectivity index (χ1v) is 10.8. The third-order valence-corrected chi connectivity index (χ3v) is 5.67. The number of nitrogens with zero attached hydrogens (tertiary/aromatic N) is 2. The maximum Gasteiger partial charge on any atom is 0.276 e. The molecule has 3 aromatic carbocycles. The Morgan fingerprint density at radius 2 is 1.47 bits per heavy atom. The molecule has 5 nitrogen and oxygen atoms in total. The van der Waals surface area contributed by atoms with Gasteiger partial charge in [0, 0.05) is 22.5 Å². The molecular weight excluding hydrogens is 398 g/mol. The van der Waals surface area contributed by atoms with Gasteiger partial charge in [0.05, 0.1) is 11.0 Å². The van der Waals surface area contributed by atoms with Gasteiger partial charge in [0.2, 0.25) is 5.91 Å². The predicted molar refractivity (Wildman–Crippen MR) is 129 cm³/mol. The van der Waals surface area contributed by atoms with Gasteiger partial charge in [-0.25, -0.2) is 0 Å².